The number of allylic oxidation sites excluding steroid dienone is 3. The number of carbonyl (C=O) groups is 1. The third kappa shape index (κ3) is 4.50. The second kappa shape index (κ2) is 9.54. The molecule has 0 heterocycles. The molecule has 2 heteroatoms. The van der Waals surface area contributed by atoms with Gasteiger partial charge in [0.25, 0.3) is 0 Å². The summed E-state index contributed by atoms with van der Waals surface area (Å²) >= 11 is 0. The van der Waals surface area contributed by atoms with Gasteiger partial charge in [-0.2, -0.15) is 0 Å². The summed E-state index contributed by atoms with van der Waals surface area (Å²) in [6, 6.07) is 0. The van der Waals surface area contributed by atoms with E-state index in [4.69, 9.17) is 4.74 Å². The summed E-state index contributed by atoms with van der Waals surface area (Å²) in [7, 11) is 0. The standard InChI is InChI=1S/C31H50O2/c1-8-23(20(2)3)10-9-21(4)27-13-14-28-26-12-11-24-19-25(33-22(5)32)15-17-30(24,6)29(26)16-18-31(27,28)7/h9-11,20-21,23,25-29H,8,12-19H2,1-7H3/t21-,23+,25-,26+,27+,28+,29+,30-,31+/m0/s1. The van der Waals surface area contributed by atoms with Crippen LogP contribution in [0.1, 0.15) is 106 Å². The van der Waals surface area contributed by atoms with Crippen LogP contribution in [0.25, 0.3) is 0 Å². The van der Waals surface area contributed by atoms with Crippen molar-refractivity contribution in [1.82, 2.24) is 0 Å². The topological polar surface area (TPSA) is 26.3 Å². The van der Waals surface area contributed by atoms with Crippen LogP contribution < -0.4 is 0 Å². The van der Waals surface area contributed by atoms with Crippen LogP contribution in [0.15, 0.2) is 23.8 Å². The van der Waals surface area contributed by atoms with Crippen molar-refractivity contribution >= 4 is 5.97 Å². The van der Waals surface area contributed by atoms with Gasteiger partial charge in [-0.15, -0.1) is 0 Å². The van der Waals surface area contributed by atoms with Gasteiger partial charge >= 0.3 is 5.97 Å². The zero-order valence-electron chi connectivity index (χ0n) is 22.5. The molecule has 3 saturated carbocycles. The van der Waals surface area contributed by atoms with E-state index in [1.165, 1.54) is 44.9 Å². The van der Waals surface area contributed by atoms with E-state index in [1.54, 1.807) is 12.5 Å². The van der Waals surface area contributed by atoms with Gasteiger partial charge in [0.1, 0.15) is 6.10 Å². The Morgan fingerprint density at radius 2 is 1.85 bits per heavy atom. The number of ether oxygens (including phenoxy) is 1. The molecule has 2 nitrogen and oxygen atoms in total. The second-order valence-electron chi connectivity index (χ2n) is 13.0. The Bertz CT molecular complexity index is 778. The van der Waals surface area contributed by atoms with Gasteiger partial charge in [-0.3, -0.25) is 4.79 Å². The van der Waals surface area contributed by atoms with E-state index in [0.29, 0.717) is 16.7 Å². The Kier molecular flexibility index (Phi) is 7.24. The zero-order chi connectivity index (χ0) is 24.0. The highest BCUT2D eigenvalue weighted by molar-refractivity contribution is 5.66. The lowest BCUT2D eigenvalue weighted by atomic mass is 9.47. The normalized spacial score (nSPS) is 42.3. The van der Waals surface area contributed by atoms with Gasteiger partial charge < -0.3 is 4.74 Å². The lowest BCUT2D eigenvalue weighted by molar-refractivity contribution is -0.148. The fraction of sp³-hybridized carbons (Fsp3) is 0.839. The van der Waals surface area contributed by atoms with Crippen LogP contribution in [0.4, 0.5) is 0 Å². The quantitative estimate of drug-likeness (QED) is 0.297. The van der Waals surface area contributed by atoms with Gasteiger partial charge in [-0.25, -0.2) is 0 Å². The maximum absolute atomic E-state index is 11.5. The first-order valence-electron chi connectivity index (χ1n) is 14.1. The lowest BCUT2D eigenvalue weighted by Crippen LogP contribution is -2.51. The van der Waals surface area contributed by atoms with Gasteiger partial charge in [0.15, 0.2) is 0 Å². The lowest BCUT2D eigenvalue weighted by Gasteiger charge is -2.58. The van der Waals surface area contributed by atoms with Gasteiger partial charge in [-0.1, -0.05) is 65.3 Å². The Hall–Kier alpha value is -1.05. The molecule has 0 aromatic rings. The second-order valence-corrected chi connectivity index (χ2v) is 13.0. The van der Waals surface area contributed by atoms with Gasteiger partial charge in [0.2, 0.25) is 0 Å². The monoisotopic (exact) mass is 454 g/mol. The van der Waals surface area contributed by atoms with E-state index in [0.717, 1.165) is 48.3 Å². The minimum absolute atomic E-state index is 0.105. The average Bonchev–Trinajstić information content (AvgIpc) is 3.11. The van der Waals surface area contributed by atoms with Crippen LogP contribution in [0.3, 0.4) is 0 Å². The van der Waals surface area contributed by atoms with Crippen molar-refractivity contribution in [2.45, 2.75) is 112 Å². The highest BCUT2D eigenvalue weighted by atomic mass is 16.5. The molecule has 0 radical (unpaired) electrons. The highest BCUT2D eigenvalue weighted by Crippen LogP contribution is 2.67. The van der Waals surface area contributed by atoms with Gasteiger partial charge in [0, 0.05) is 13.3 Å². The molecule has 0 aliphatic heterocycles. The summed E-state index contributed by atoms with van der Waals surface area (Å²) in [6.45, 7) is 16.3. The zero-order valence-corrected chi connectivity index (χ0v) is 22.5. The molecular formula is C31H50O2. The molecule has 3 fully saturated rings. The Morgan fingerprint density at radius 3 is 2.52 bits per heavy atom. The minimum Gasteiger partial charge on any atom is -0.462 e. The molecule has 4 aliphatic rings. The van der Waals surface area contributed by atoms with Crippen molar-refractivity contribution in [3.05, 3.63) is 23.8 Å². The SMILES string of the molecule is CC[C@H](C=C[C@H](C)[C@H]1CC[C@@H]2[C@H]3CC=C4C[C@@H](OC(C)=O)CC[C@]4(C)[C@@H]3CC[C@@]21C)C(C)C. The summed E-state index contributed by atoms with van der Waals surface area (Å²) < 4.78 is 5.62. The van der Waals surface area contributed by atoms with Gasteiger partial charge in [0.05, 0.1) is 0 Å². The number of hydrogen-bond acceptors (Lipinski definition) is 2. The molecule has 0 aromatic carbocycles. The largest absolute Gasteiger partial charge is 0.462 e. The van der Waals surface area contributed by atoms with Crippen molar-refractivity contribution in [1.29, 1.82) is 0 Å². The molecule has 0 aromatic heterocycles. The minimum atomic E-state index is -0.120. The number of carbonyl (C=O) groups excluding carboxylic acids is 1. The van der Waals surface area contributed by atoms with Crippen molar-refractivity contribution in [3.63, 3.8) is 0 Å². The summed E-state index contributed by atoms with van der Waals surface area (Å²) in [5, 5.41) is 0. The Labute approximate surface area is 204 Å². The molecule has 0 unspecified atom stereocenters. The number of esters is 1. The van der Waals surface area contributed by atoms with E-state index in [-0.39, 0.29) is 12.1 Å². The first kappa shape index (κ1) is 25.1. The van der Waals surface area contributed by atoms with Crippen molar-refractivity contribution in [2.24, 2.45) is 52.3 Å². The van der Waals surface area contributed by atoms with Crippen LogP contribution in [-0.4, -0.2) is 12.1 Å². The molecule has 33 heavy (non-hydrogen) atoms. The van der Waals surface area contributed by atoms with Crippen molar-refractivity contribution < 1.29 is 9.53 Å². The maximum Gasteiger partial charge on any atom is 0.302 e. The highest BCUT2D eigenvalue weighted by Gasteiger charge is 2.59. The molecule has 9 atom stereocenters. The molecule has 4 rings (SSSR count). The maximum atomic E-state index is 11.5. The third-order valence-corrected chi connectivity index (χ3v) is 11.1. The van der Waals surface area contributed by atoms with Gasteiger partial charge in [-0.05, 0) is 104 Å². The predicted molar refractivity (Wildman–Crippen MR) is 138 cm³/mol. The summed E-state index contributed by atoms with van der Waals surface area (Å²) in [5.41, 5.74) is 2.44. The van der Waals surface area contributed by atoms with Crippen molar-refractivity contribution in [2.75, 3.05) is 0 Å². The first-order valence-corrected chi connectivity index (χ1v) is 14.1. The molecule has 0 N–H and O–H groups in total. The molecule has 4 aliphatic carbocycles. The smallest absolute Gasteiger partial charge is 0.302 e. The van der Waals surface area contributed by atoms with E-state index in [2.05, 4.69) is 59.8 Å². The first-order chi connectivity index (χ1) is 15.6. The van der Waals surface area contributed by atoms with E-state index < -0.39 is 0 Å². The molecule has 0 amide bonds. The van der Waals surface area contributed by atoms with Crippen LogP contribution in [0, 0.1) is 52.3 Å². The number of hydrogen-bond donors (Lipinski definition) is 0. The van der Waals surface area contributed by atoms with Crippen LogP contribution in [-0.2, 0) is 9.53 Å². The van der Waals surface area contributed by atoms with Crippen LogP contribution >= 0.6 is 0 Å². The number of fused-ring (bicyclic) bond motifs is 5. The van der Waals surface area contributed by atoms with Crippen LogP contribution in [0.5, 0.6) is 0 Å². The molecule has 0 spiro atoms. The molecule has 0 bridgehead atoms. The van der Waals surface area contributed by atoms with Crippen LogP contribution in [0.2, 0.25) is 0 Å². The molecule has 0 saturated heterocycles. The fourth-order valence-electron chi connectivity index (χ4n) is 9.15. The molecule has 186 valence electrons. The molecular weight excluding hydrogens is 404 g/mol. The Morgan fingerprint density at radius 1 is 1.09 bits per heavy atom. The van der Waals surface area contributed by atoms with Crippen molar-refractivity contribution in [3.8, 4) is 0 Å². The van der Waals surface area contributed by atoms with E-state index in [9.17, 15) is 4.79 Å². The summed E-state index contributed by atoms with van der Waals surface area (Å²) in [5.74, 6) is 5.41. The Balaban J connectivity index is 1.49. The summed E-state index contributed by atoms with van der Waals surface area (Å²) in [6.07, 6.45) is 19.2. The fourth-order valence-corrected chi connectivity index (χ4v) is 9.15. The summed E-state index contributed by atoms with van der Waals surface area (Å²) in [4.78, 5) is 11.5. The van der Waals surface area contributed by atoms with E-state index >= 15 is 0 Å². The number of rotatable bonds is 6. The van der Waals surface area contributed by atoms with E-state index in [1.807, 2.05) is 0 Å². The average molecular weight is 455 g/mol. The predicted octanol–water partition coefficient (Wildman–Crippen LogP) is 8.37. The third-order valence-electron chi connectivity index (χ3n) is 11.1.